The summed E-state index contributed by atoms with van der Waals surface area (Å²) in [4.78, 5) is 37.8. The Balaban J connectivity index is 4.18. The lowest BCUT2D eigenvalue weighted by Gasteiger charge is -2.18. The predicted molar refractivity (Wildman–Crippen MR) is 252 cm³/mol. The van der Waals surface area contributed by atoms with Crippen LogP contribution in [0.25, 0.3) is 0 Å². The van der Waals surface area contributed by atoms with Crippen molar-refractivity contribution in [1.29, 1.82) is 0 Å². The molecule has 0 aromatic heterocycles. The van der Waals surface area contributed by atoms with Crippen molar-refractivity contribution in [3.05, 3.63) is 0 Å². The van der Waals surface area contributed by atoms with Gasteiger partial charge in [-0.25, -0.2) is 0 Å². The van der Waals surface area contributed by atoms with Crippen molar-refractivity contribution in [3.63, 3.8) is 0 Å². The highest BCUT2D eigenvalue weighted by atomic mass is 16.6. The molecule has 59 heavy (non-hydrogen) atoms. The highest BCUT2D eigenvalue weighted by Crippen LogP contribution is 2.18. The largest absolute Gasteiger partial charge is 0.462 e. The lowest BCUT2D eigenvalue weighted by molar-refractivity contribution is -0.167. The van der Waals surface area contributed by atoms with Gasteiger partial charge in [0.25, 0.3) is 0 Å². The molecule has 0 aromatic rings. The lowest BCUT2D eigenvalue weighted by Crippen LogP contribution is -2.30. The first-order valence-electron chi connectivity index (χ1n) is 26.2. The van der Waals surface area contributed by atoms with E-state index in [-0.39, 0.29) is 31.1 Å². The SMILES string of the molecule is CCC(C)CCCCCCCCC(=O)OC[C@H](COC(=O)CCCCCCCCCCCCCCCCCCCCC(C)C)OC(=O)CCCCCCCCC(C)CC. The molecule has 0 rings (SSSR count). The number of unbranched alkanes of at least 4 members (excludes halogenated alkanes) is 27. The summed E-state index contributed by atoms with van der Waals surface area (Å²) >= 11 is 0. The second kappa shape index (κ2) is 44.5. The normalized spacial score (nSPS) is 13.1. The van der Waals surface area contributed by atoms with E-state index in [0.717, 1.165) is 75.5 Å². The summed E-state index contributed by atoms with van der Waals surface area (Å²) in [6, 6.07) is 0. The van der Waals surface area contributed by atoms with Crippen molar-refractivity contribution < 1.29 is 28.6 Å². The predicted octanol–water partition coefficient (Wildman–Crippen LogP) is 16.8. The minimum absolute atomic E-state index is 0.0661. The Morgan fingerprint density at radius 2 is 0.593 bits per heavy atom. The van der Waals surface area contributed by atoms with Crippen molar-refractivity contribution >= 4 is 17.9 Å². The Kier molecular flexibility index (Phi) is 43.3. The first-order valence-corrected chi connectivity index (χ1v) is 26.2. The van der Waals surface area contributed by atoms with Crippen molar-refractivity contribution in [3.8, 4) is 0 Å². The molecule has 6 heteroatoms. The maximum Gasteiger partial charge on any atom is 0.306 e. The molecule has 6 nitrogen and oxygen atoms in total. The Hall–Kier alpha value is -1.59. The van der Waals surface area contributed by atoms with Crippen LogP contribution < -0.4 is 0 Å². The molecule has 0 aliphatic carbocycles. The molecule has 0 saturated carbocycles. The number of hydrogen-bond donors (Lipinski definition) is 0. The quantitative estimate of drug-likeness (QED) is 0.0345. The Morgan fingerprint density at radius 1 is 0.339 bits per heavy atom. The zero-order valence-electron chi connectivity index (χ0n) is 40.5. The Labute approximate surface area is 368 Å². The summed E-state index contributed by atoms with van der Waals surface area (Å²) < 4.78 is 16.8. The van der Waals surface area contributed by atoms with Gasteiger partial charge in [-0.1, -0.05) is 247 Å². The van der Waals surface area contributed by atoms with Crippen LogP contribution in [0.3, 0.4) is 0 Å². The summed E-state index contributed by atoms with van der Waals surface area (Å²) in [5.41, 5.74) is 0. The molecule has 0 bridgehead atoms. The van der Waals surface area contributed by atoms with Crippen LogP contribution in [0.15, 0.2) is 0 Å². The molecule has 0 N–H and O–H groups in total. The second-order valence-electron chi connectivity index (χ2n) is 19.1. The van der Waals surface area contributed by atoms with E-state index in [9.17, 15) is 14.4 Å². The summed E-state index contributed by atoms with van der Waals surface area (Å²) in [6.07, 6.45) is 43.9. The van der Waals surface area contributed by atoms with Crippen LogP contribution in [0.2, 0.25) is 0 Å². The van der Waals surface area contributed by atoms with E-state index in [4.69, 9.17) is 14.2 Å². The van der Waals surface area contributed by atoms with Crippen LogP contribution in [-0.2, 0) is 28.6 Å². The van der Waals surface area contributed by atoms with E-state index < -0.39 is 6.10 Å². The van der Waals surface area contributed by atoms with Crippen LogP contribution in [0.1, 0.15) is 286 Å². The zero-order chi connectivity index (χ0) is 43.4. The van der Waals surface area contributed by atoms with Gasteiger partial charge in [0.2, 0.25) is 0 Å². The zero-order valence-corrected chi connectivity index (χ0v) is 40.5. The number of esters is 3. The average molecular weight is 835 g/mol. The highest BCUT2D eigenvalue weighted by Gasteiger charge is 2.19. The summed E-state index contributed by atoms with van der Waals surface area (Å²) in [7, 11) is 0. The number of rotatable bonds is 46. The molecule has 2 unspecified atom stereocenters. The van der Waals surface area contributed by atoms with E-state index in [1.54, 1.807) is 0 Å². The number of hydrogen-bond acceptors (Lipinski definition) is 6. The van der Waals surface area contributed by atoms with E-state index in [1.165, 1.54) is 167 Å². The third-order valence-corrected chi connectivity index (χ3v) is 12.6. The van der Waals surface area contributed by atoms with E-state index >= 15 is 0 Å². The van der Waals surface area contributed by atoms with Gasteiger partial charge in [0.1, 0.15) is 13.2 Å². The van der Waals surface area contributed by atoms with Gasteiger partial charge in [-0.05, 0) is 37.0 Å². The Morgan fingerprint density at radius 3 is 0.881 bits per heavy atom. The Bertz CT molecular complexity index is 918. The average Bonchev–Trinajstić information content (AvgIpc) is 3.22. The molecule has 3 atom stereocenters. The molecule has 350 valence electrons. The fourth-order valence-corrected chi connectivity index (χ4v) is 7.87. The fraction of sp³-hybridized carbons (Fsp3) is 0.943. The van der Waals surface area contributed by atoms with Crippen molar-refractivity contribution in [2.75, 3.05) is 13.2 Å². The van der Waals surface area contributed by atoms with Crippen LogP contribution >= 0.6 is 0 Å². The molecule has 0 heterocycles. The van der Waals surface area contributed by atoms with Gasteiger partial charge in [0.05, 0.1) is 0 Å². The van der Waals surface area contributed by atoms with Gasteiger partial charge < -0.3 is 14.2 Å². The molecular weight excluding hydrogens is 733 g/mol. The molecule has 0 fully saturated rings. The van der Waals surface area contributed by atoms with Gasteiger partial charge in [-0.3, -0.25) is 14.4 Å². The molecule has 0 amide bonds. The third kappa shape index (κ3) is 44.3. The maximum atomic E-state index is 12.7. The minimum Gasteiger partial charge on any atom is -0.462 e. The monoisotopic (exact) mass is 835 g/mol. The number of carbonyl (C=O) groups excluding carboxylic acids is 3. The molecule has 0 aliphatic heterocycles. The van der Waals surface area contributed by atoms with Crippen LogP contribution in [0.5, 0.6) is 0 Å². The summed E-state index contributed by atoms with van der Waals surface area (Å²) in [6.45, 7) is 13.7. The van der Waals surface area contributed by atoms with Crippen molar-refractivity contribution in [2.24, 2.45) is 17.8 Å². The first kappa shape index (κ1) is 57.4. The van der Waals surface area contributed by atoms with Crippen molar-refractivity contribution in [2.45, 2.75) is 292 Å². The van der Waals surface area contributed by atoms with Crippen LogP contribution in [-0.4, -0.2) is 37.2 Å². The summed E-state index contributed by atoms with van der Waals surface area (Å²) in [5, 5.41) is 0. The minimum atomic E-state index is -0.763. The van der Waals surface area contributed by atoms with Gasteiger partial charge in [-0.2, -0.15) is 0 Å². The van der Waals surface area contributed by atoms with Crippen LogP contribution in [0, 0.1) is 17.8 Å². The van der Waals surface area contributed by atoms with Crippen molar-refractivity contribution in [1.82, 2.24) is 0 Å². The molecular formula is C53H102O6. The standard InChI is InChI=1S/C53H102O6/c1-7-48(5)40-34-28-23-25-31-37-43-52(55)58-46-50(59-53(56)44-38-32-26-24-29-35-41-49(6)8-2)45-57-51(54)42-36-30-22-20-18-16-14-12-10-9-11-13-15-17-19-21-27-33-39-47(3)4/h47-50H,7-46H2,1-6H3/t48?,49?,50-/m0/s1. The second-order valence-corrected chi connectivity index (χ2v) is 19.1. The van der Waals surface area contributed by atoms with Gasteiger partial charge in [0.15, 0.2) is 6.10 Å². The molecule has 0 spiro atoms. The van der Waals surface area contributed by atoms with E-state index in [0.29, 0.717) is 19.3 Å². The van der Waals surface area contributed by atoms with E-state index in [2.05, 4.69) is 41.5 Å². The smallest absolute Gasteiger partial charge is 0.306 e. The first-order chi connectivity index (χ1) is 28.7. The maximum absolute atomic E-state index is 12.7. The van der Waals surface area contributed by atoms with E-state index in [1.807, 2.05) is 0 Å². The number of carbonyl (C=O) groups is 3. The van der Waals surface area contributed by atoms with Gasteiger partial charge in [-0.15, -0.1) is 0 Å². The topological polar surface area (TPSA) is 78.9 Å². The van der Waals surface area contributed by atoms with Crippen LogP contribution in [0.4, 0.5) is 0 Å². The molecule has 0 saturated heterocycles. The summed E-state index contributed by atoms with van der Waals surface area (Å²) in [5.74, 6) is 1.62. The van der Waals surface area contributed by atoms with Gasteiger partial charge in [0, 0.05) is 19.3 Å². The fourth-order valence-electron chi connectivity index (χ4n) is 7.87. The molecule has 0 aromatic carbocycles. The number of ether oxygens (including phenoxy) is 3. The molecule has 0 radical (unpaired) electrons. The van der Waals surface area contributed by atoms with Gasteiger partial charge >= 0.3 is 17.9 Å². The lowest BCUT2D eigenvalue weighted by atomic mass is 10.00. The highest BCUT2D eigenvalue weighted by molar-refractivity contribution is 5.71. The molecule has 0 aliphatic rings. The third-order valence-electron chi connectivity index (χ3n) is 12.6.